The van der Waals surface area contributed by atoms with E-state index in [0.717, 1.165) is 22.4 Å². The predicted octanol–water partition coefficient (Wildman–Crippen LogP) is 6.94. The lowest BCUT2D eigenvalue weighted by Crippen LogP contribution is -2.23. The lowest BCUT2D eigenvalue weighted by molar-refractivity contribution is 0.128. The van der Waals surface area contributed by atoms with Crippen molar-refractivity contribution in [3.63, 3.8) is 0 Å². The number of hydrogen-bond donors (Lipinski definition) is 1. The van der Waals surface area contributed by atoms with Crippen LogP contribution >= 0.6 is 0 Å². The van der Waals surface area contributed by atoms with E-state index in [1.54, 1.807) is 30.3 Å². The lowest BCUT2D eigenvalue weighted by atomic mass is 9.90. The SMILES string of the molecule is C=C(CC(C)c1cc(O)ccc1OC(C)(C)C)c1ccc(F)cc1.CC. The van der Waals surface area contributed by atoms with Crippen LogP contribution in [-0.4, -0.2) is 10.7 Å². The molecule has 2 nitrogen and oxygen atoms in total. The molecule has 1 unspecified atom stereocenters. The van der Waals surface area contributed by atoms with Crippen LogP contribution < -0.4 is 4.74 Å². The second-order valence-electron chi connectivity index (χ2n) is 7.15. The van der Waals surface area contributed by atoms with Gasteiger partial charge in [0.2, 0.25) is 0 Å². The molecule has 3 heteroatoms. The minimum Gasteiger partial charge on any atom is -0.508 e. The highest BCUT2D eigenvalue weighted by atomic mass is 19.1. The van der Waals surface area contributed by atoms with Gasteiger partial charge in [0, 0.05) is 5.56 Å². The molecule has 1 atom stereocenters. The molecule has 0 aliphatic rings. The number of aromatic hydroxyl groups is 1. The van der Waals surface area contributed by atoms with Gasteiger partial charge in [0.05, 0.1) is 0 Å². The predicted molar refractivity (Wildman–Crippen MR) is 108 cm³/mol. The molecule has 2 aromatic carbocycles. The Bertz CT molecular complexity index is 712. The molecule has 0 aliphatic carbocycles. The third-order valence-corrected chi connectivity index (χ3v) is 3.75. The number of halogens is 1. The maximum Gasteiger partial charge on any atom is 0.123 e. The summed E-state index contributed by atoms with van der Waals surface area (Å²) in [5.41, 5.74) is 2.46. The molecule has 0 heterocycles. The first kappa shape index (κ1) is 21.8. The highest BCUT2D eigenvalue weighted by molar-refractivity contribution is 5.64. The Labute approximate surface area is 157 Å². The smallest absolute Gasteiger partial charge is 0.123 e. The van der Waals surface area contributed by atoms with E-state index in [2.05, 4.69) is 13.5 Å². The minimum atomic E-state index is -0.320. The van der Waals surface area contributed by atoms with Crippen molar-refractivity contribution in [2.45, 2.75) is 59.5 Å². The summed E-state index contributed by atoms with van der Waals surface area (Å²) in [6.07, 6.45) is 0.690. The molecule has 0 saturated carbocycles. The molecule has 142 valence electrons. The number of benzene rings is 2. The monoisotopic (exact) mass is 358 g/mol. The minimum absolute atomic E-state index is 0.104. The summed E-state index contributed by atoms with van der Waals surface area (Å²) in [7, 11) is 0. The number of ether oxygens (including phenoxy) is 1. The molecule has 0 amide bonds. The van der Waals surface area contributed by atoms with Gasteiger partial charge < -0.3 is 9.84 Å². The van der Waals surface area contributed by atoms with Crippen LogP contribution in [0.4, 0.5) is 4.39 Å². The zero-order valence-electron chi connectivity index (χ0n) is 16.8. The second kappa shape index (κ2) is 9.42. The van der Waals surface area contributed by atoms with Crippen molar-refractivity contribution in [1.29, 1.82) is 0 Å². The molecule has 0 aromatic heterocycles. The van der Waals surface area contributed by atoms with Crippen molar-refractivity contribution < 1.29 is 14.2 Å². The van der Waals surface area contributed by atoms with E-state index in [1.165, 1.54) is 12.1 Å². The van der Waals surface area contributed by atoms with Gasteiger partial charge in [-0.05, 0) is 74.6 Å². The van der Waals surface area contributed by atoms with Gasteiger partial charge in [-0.3, -0.25) is 0 Å². The zero-order chi connectivity index (χ0) is 19.9. The number of rotatable bonds is 5. The van der Waals surface area contributed by atoms with Gasteiger partial charge in [-0.25, -0.2) is 4.39 Å². The Hall–Kier alpha value is -2.29. The molecule has 2 aromatic rings. The van der Waals surface area contributed by atoms with E-state index in [0.29, 0.717) is 6.42 Å². The van der Waals surface area contributed by atoms with Crippen LogP contribution in [-0.2, 0) is 0 Å². The van der Waals surface area contributed by atoms with Gasteiger partial charge >= 0.3 is 0 Å². The van der Waals surface area contributed by atoms with Gasteiger partial charge in [0.15, 0.2) is 0 Å². The normalized spacial score (nSPS) is 12.0. The average Bonchev–Trinajstić information content (AvgIpc) is 2.57. The fourth-order valence-corrected chi connectivity index (χ4v) is 2.63. The summed E-state index contributed by atoms with van der Waals surface area (Å²) < 4.78 is 19.1. The van der Waals surface area contributed by atoms with Gasteiger partial charge in [-0.15, -0.1) is 0 Å². The first-order valence-corrected chi connectivity index (χ1v) is 9.11. The van der Waals surface area contributed by atoms with Crippen molar-refractivity contribution in [1.82, 2.24) is 0 Å². The number of allylic oxidation sites excluding steroid dienone is 1. The van der Waals surface area contributed by atoms with Crippen molar-refractivity contribution >= 4 is 5.57 Å². The third-order valence-electron chi connectivity index (χ3n) is 3.75. The van der Waals surface area contributed by atoms with Crippen LogP contribution in [0.2, 0.25) is 0 Å². The van der Waals surface area contributed by atoms with Crippen molar-refractivity contribution in [2.24, 2.45) is 0 Å². The van der Waals surface area contributed by atoms with Crippen LogP contribution in [0.1, 0.15) is 65.0 Å². The molecular formula is C23H31FO2. The molecule has 26 heavy (non-hydrogen) atoms. The first-order valence-electron chi connectivity index (χ1n) is 9.11. The van der Waals surface area contributed by atoms with Crippen LogP contribution in [0.15, 0.2) is 49.0 Å². The molecular weight excluding hydrogens is 327 g/mol. The standard InChI is InChI=1S/C21H25FO2.C2H6/c1-14(16-6-8-17(22)9-7-16)12-15(2)19-13-18(23)10-11-20(19)24-21(3,4)5;1-2/h6-11,13,15,23H,1,12H2,2-5H3;1-2H3. The van der Waals surface area contributed by atoms with Crippen LogP contribution in [0.5, 0.6) is 11.5 Å². The summed E-state index contributed by atoms with van der Waals surface area (Å²) in [6, 6.07) is 11.5. The summed E-state index contributed by atoms with van der Waals surface area (Å²) in [4.78, 5) is 0. The molecule has 0 saturated heterocycles. The van der Waals surface area contributed by atoms with E-state index in [4.69, 9.17) is 4.74 Å². The number of phenols is 1. The molecule has 0 bridgehead atoms. The maximum atomic E-state index is 13.1. The van der Waals surface area contributed by atoms with Gasteiger partial charge in [-0.1, -0.05) is 39.5 Å². The van der Waals surface area contributed by atoms with E-state index in [1.807, 2.05) is 34.6 Å². The summed E-state index contributed by atoms with van der Waals surface area (Å²) >= 11 is 0. The summed E-state index contributed by atoms with van der Waals surface area (Å²) in [5, 5.41) is 9.85. The fourth-order valence-electron chi connectivity index (χ4n) is 2.63. The number of hydrogen-bond acceptors (Lipinski definition) is 2. The van der Waals surface area contributed by atoms with Crippen LogP contribution in [0.3, 0.4) is 0 Å². The van der Waals surface area contributed by atoms with E-state index >= 15 is 0 Å². The highest BCUT2D eigenvalue weighted by Gasteiger charge is 2.19. The Morgan fingerprint density at radius 2 is 1.69 bits per heavy atom. The Morgan fingerprint density at radius 3 is 2.23 bits per heavy atom. The van der Waals surface area contributed by atoms with Gasteiger partial charge in [-0.2, -0.15) is 0 Å². The van der Waals surface area contributed by atoms with Gasteiger partial charge in [0.1, 0.15) is 22.9 Å². The van der Waals surface area contributed by atoms with Crippen molar-refractivity contribution in [2.75, 3.05) is 0 Å². The topological polar surface area (TPSA) is 29.5 Å². The third kappa shape index (κ3) is 6.55. The molecule has 0 aliphatic heterocycles. The Balaban J connectivity index is 0.00000163. The molecule has 0 spiro atoms. The molecule has 1 N–H and O–H groups in total. The first-order chi connectivity index (χ1) is 12.2. The highest BCUT2D eigenvalue weighted by Crippen LogP contribution is 2.36. The van der Waals surface area contributed by atoms with Crippen molar-refractivity contribution in [3.05, 3.63) is 66.0 Å². The number of phenolic OH excluding ortho intramolecular Hbond substituents is 1. The molecule has 2 rings (SSSR count). The largest absolute Gasteiger partial charge is 0.508 e. The molecule has 0 fully saturated rings. The van der Waals surface area contributed by atoms with E-state index in [9.17, 15) is 9.50 Å². The van der Waals surface area contributed by atoms with Crippen LogP contribution in [0, 0.1) is 5.82 Å². The summed E-state index contributed by atoms with van der Waals surface area (Å²) in [6.45, 7) is 16.2. The second-order valence-corrected chi connectivity index (χ2v) is 7.15. The van der Waals surface area contributed by atoms with Gasteiger partial charge in [0.25, 0.3) is 0 Å². The van der Waals surface area contributed by atoms with Crippen LogP contribution in [0.25, 0.3) is 5.57 Å². The fraction of sp³-hybridized carbons (Fsp3) is 0.391. The maximum absolute atomic E-state index is 13.1. The molecule has 0 radical (unpaired) electrons. The average molecular weight is 358 g/mol. The lowest BCUT2D eigenvalue weighted by Gasteiger charge is -2.25. The van der Waals surface area contributed by atoms with Crippen molar-refractivity contribution in [3.8, 4) is 11.5 Å². The van der Waals surface area contributed by atoms with E-state index < -0.39 is 0 Å². The zero-order valence-corrected chi connectivity index (χ0v) is 16.8. The Morgan fingerprint density at radius 1 is 1.12 bits per heavy atom. The summed E-state index contributed by atoms with van der Waals surface area (Å²) in [5.74, 6) is 0.825. The quantitative estimate of drug-likeness (QED) is 0.627. The Kier molecular flexibility index (Phi) is 7.88. The van der Waals surface area contributed by atoms with E-state index in [-0.39, 0.29) is 23.1 Å².